The van der Waals surface area contributed by atoms with Gasteiger partial charge in [-0.2, -0.15) is 0 Å². The first kappa shape index (κ1) is 28.0. The summed E-state index contributed by atoms with van der Waals surface area (Å²) in [5.41, 5.74) is 2.24. The van der Waals surface area contributed by atoms with Crippen LogP contribution in [0.3, 0.4) is 0 Å². The van der Waals surface area contributed by atoms with E-state index in [4.69, 9.17) is 18.9 Å². The van der Waals surface area contributed by atoms with Crippen LogP contribution in [0.15, 0.2) is 71.4 Å². The normalized spacial score (nSPS) is 13.9. The number of aromatic nitrogens is 1. The number of methoxy groups -OCH3 is 4. The molecule has 5 rings (SSSR count). The van der Waals surface area contributed by atoms with E-state index in [-0.39, 0.29) is 23.3 Å². The summed E-state index contributed by atoms with van der Waals surface area (Å²) in [5, 5.41) is 3.70. The molecule has 41 heavy (non-hydrogen) atoms. The summed E-state index contributed by atoms with van der Waals surface area (Å²) < 4.78 is 22.4. The Bertz CT molecular complexity index is 1640. The fourth-order valence-corrected chi connectivity index (χ4v) is 5.83. The van der Waals surface area contributed by atoms with Crippen LogP contribution in [0.5, 0.6) is 23.0 Å². The first-order valence-corrected chi connectivity index (χ1v) is 14.1. The van der Waals surface area contributed by atoms with Crippen LogP contribution in [0.1, 0.15) is 5.56 Å². The molecule has 0 radical (unpaired) electrons. The molecule has 0 saturated heterocycles. The van der Waals surface area contributed by atoms with Gasteiger partial charge in [0, 0.05) is 0 Å². The maximum Gasteiger partial charge on any atom is 0.283 e. The molecular weight excluding hydrogens is 564 g/mol. The zero-order valence-electron chi connectivity index (χ0n) is 22.7. The minimum Gasteiger partial charge on any atom is -0.497 e. The molecule has 4 aromatic rings. The molecule has 3 aromatic carbocycles. The number of ether oxygens (including phenoxy) is 4. The predicted octanol–water partition coefficient (Wildman–Crippen LogP) is 5.45. The van der Waals surface area contributed by atoms with E-state index in [2.05, 4.69) is 15.3 Å². The summed E-state index contributed by atoms with van der Waals surface area (Å²) in [6, 6.07) is 18.1. The van der Waals surface area contributed by atoms with Crippen LogP contribution in [-0.4, -0.2) is 56.2 Å². The molecule has 0 unspecified atom stereocenters. The molecule has 2 heterocycles. The third kappa shape index (κ3) is 5.98. The topological polar surface area (TPSA) is 112 Å². The Morgan fingerprint density at radius 3 is 2.37 bits per heavy atom. The van der Waals surface area contributed by atoms with E-state index in [0.717, 1.165) is 27.7 Å². The van der Waals surface area contributed by atoms with Crippen LogP contribution in [-0.2, 0) is 9.59 Å². The lowest BCUT2D eigenvalue weighted by atomic mass is 10.1. The van der Waals surface area contributed by atoms with Gasteiger partial charge >= 0.3 is 0 Å². The summed E-state index contributed by atoms with van der Waals surface area (Å²) >= 11 is 2.51. The highest BCUT2D eigenvalue weighted by Crippen LogP contribution is 2.39. The van der Waals surface area contributed by atoms with Crippen molar-refractivity contribution in [3.63, 3.8) is 0 Å². The fraction of sp³-hybridized carbons (Fsp3) is 0.172. The minimum atomic E-state index is -0.326. The van der Waals surface area contributed by atoms with E-state index in [1.807, 2.05) is 48.5 Å². The summed E-state index contributed by atoms with van der Waals surface area (Å²) in [6.45, 7) is 0. The van der Waals surface area contributed by atoms with Gasteiger partial charge in [0.2, 0.25) is 11.7 Å². The van der Waals surface area contributed by atoms with Crippen molar-refractivity contribution in [2.75, 3.05) is 44.4 Å². The molecule has 0 aliphatic carbocycles. The number of fused-ring (bicyclic) bond motifs is 1. The summed E-state index contributed by atoms with van der Waals surface area (Å²) in [5.74, 6) is 1.49. The van der Waals surface area contributed by atoms with Crippen LogP contribution in [0.4, 0.5) is 10.8 Å². The first-order chi connectivity index (χ1) is 19.9. The zero-order chi connectivity index (χ0) is 28.9. The van der Waals surface area contributed by atoms with E-state index < -0.39 is 0 Å². The standard InChI is InChI=1S/C29H26N4O6S2/c1-36-19-10-11-20-24(15-19)41-28(30-20)32-25(34)16-40-29-31-21(27(35)33(29)18-8-6-5-7-9-18)12-17-13-22(37-2)26(39-4)23(14-17)38-3/h5-15H,16H2,1-4H3,(H,30,32,34)/b21-12+. The van der Waals surface area contributed by atoms with Crippen LogP contribution in [0.2, 0.25) is 0 Å². The number of nitrogens with one attached hydrogen (secondary N) is 1. The van der Waals surface area contributed by atoms with Crippen molar-refractivity contribution < 1.29 is 28.5 Å². The lowest BCUT2D eigenvalue weighted by molar-refractivity contribution is -0.114. The average Bonchev–Trinajstić information content (AvgIpc) is 3.54. The highest BCUT2D eigenvalue weighted by atomic mass is 32.2. The third-order valence-electron chi connectivity index (χ3n) is 6.01. The number of amidine groups is 1. The van der Waals surface area contributed by atoms with Crippen LogP contribution >= 0.6 is 23.1 Å². The summed E-state index contributed by atoms with van der Waals surface area (Å²) in [4.78, 5) is 37.0. The summed E-state index contributed by atoms with van der Waals surface area (Å²) in [7, 11) is 6.17. The van der Waals surface area contributed by atoms with Gasteiger partial charge in [-0.1, -0.05) is 41.3 Å². The zero-order valence-corrected chi connectivity index (χ0v) is 24.3. The molecule has 1 aromatic heterocycles. The number of rotatable bonds is 9. The van der Waals surface area contributed by atoms with E-state index in [9.17, 15) is 9.59 Å². The number of carbonyl (C=O) groups excluding carboxylic acids is 2. The van der Waals surface area contributed by atoms with Gasteiger partial charge in [0.25, 0.3) is 5.91 Å². The quantitative estimate of drug-likeness (QED) is 0.256. The number of benzene rings is 3. The van der Waals surface area contributed by atoms with Crippen LogP contribution in [0.25, 0.3) is 16.3 Å². The molecule has 0 atom stereocenters. The fourth-order valence-electron chi connectivity index (χ4n) is 4.11. The Balaban J connectivity index is 1.39. The Labute approximate surface area is 244 Å². The molecular formula is C29H26N4O6S2. The van der Waals surface area contributed by atoms with Gasteiger partial charge in [0.1, 0.15) is 11.4 Å². The molecule has 10 nitrogen and oxygen atoms in total. The number of aliphatic imine (C=N–C) groups is 1. The Morgan fingerprint density at radius 2 is 1.71 bits per heavy atom. The monoisotopic (exact) mass is 590 g/mol. The maximum atomic E-state index is 13.6. The second-order valence-electron chi connectivity index (χ2n) is 8.55. The van der Waals surface area contributed by atoms with Crippen molar-refractivity contribution in [1.29, 1.82) is 0 Å². The largest absolute Gasteiger partial charge is 0.497 e. The molecule has 0 spiro atoms. The van der Waals surface area contributed by atoms with Crippen molar-refractivity contribution in [2.45, 2.75) is 0 Å². The smallest absolute Gasteiger partial charge is 0.283 e. The van der Waals surface area contributed by atoms with Gasteiger partial charge in [-0.15, -0.1) is 0 Å². The lowest BCUT2D eigenvalue weighted by Gasteiger charge is -2.17. The van der Waals surface area contributed by atoms with E-state index >= 15 is 0 Å². The number of nitrogens with zero attached hydrogens (tertiary/aromatic N) is 3. The van der Waals surface area contributed by atoms with Crippen LogP contribution < -0.4 is 29.2 Å². The second kappa shape index (κ2) is 12.3. The highest BCUT2D eigenvalue weighted by Gasteiger charge is 2.32. The average molecular weight is 591 g/mol. The Morgan fingerprint density at radius 1 is 0.976 bits per heavy atom. The highest BCUT2D eigenvalue weighted by molar-refractivity contribution is 8.14. The van der Waals surface area contributed by atoms with Gasteiger partial charge in [-0.25, -0.2) is 9.98 Å². The molecule has 1 aliphatic rings. The Hall–Kier alpha value is -4.55. The van der Waals surface area contributed by atoms with E-state index in [0.29, 0.717) is 38.8 Å². The van der Waals surface area contributed by atoms with E-state index in [1.165, 1.54) is 37.6 Å². The first-order valence-electron chi connectivity index (χ1n) is 12.3. The number of amides is 2. The molecule has 1 N–H and O–H groups in total. The number of thiazole rings is 1. The van der Waals surface area contributed by atoms with Gasteiger partial charge in [-0.05, 0) is 54.1 Å². The lowest BCUT2D eigenvalue weighted by Crippen LogP contribution is -2.31. The van der Waals surface area contributed by atoms with E-state index in [1.54, 1.807) is 25.3 Å². The number of thioether (sulfide) groups is 1. The van der Waals surface area contributed by atoms with Crippen LogP contribution in [0, 0.1) is 0 Å². The molecule has 12 heteroatoms. The van der Waals surface area contributed by atoms with Gasteiger partial charge in [0.05, 0.1) is 50.1 Å². The number of hydrogen-bond acceptors (Lipinski definition) is 10. The van der Waals surface area contributed by atoms with Gasteiger partial charge in [-0.3, -0.25) is 14.5 Å². The number of hydrogen-bond donors (Lipinski definition) is 1. The molecule has 210 valence electrons. The minimum absolute atomic E-state index is 0.0200. The van der Waals surface area contributed by atoms with Gasteiger partial charge in [0.15, 0.2) is 21.8 Å². The van der Waals surface area contributed by atoms with Crippen molar-refractivity contribution in [2.24, 2.45) is 4.99 Å². The number of anilines is 2. The van der Waals surface area contributed by atoms with Crippen molar-refractivity contribution in [3.05, 3.63) is 71.9 Å². The van der Waals surface area contributed by atoms with Crippen molar-refractivity contribution in [3.8, 4) is 23.0 Å². The molecule has 2 amide bonds. The third-order valence-corrected chi connectivity index (χ3v) is 7.88. The second-order valence-corrected chi connectivity index (χ2v) is 10.5. The number of para-hydroxylation sites is 1. The van der Waals surface area contributed by atoms with Crippen molar-refractivity contribution in [1.82, 2.24) is 4.98 Å². The SMILES string of the molecule is COc1ccc2nc(NC(=O)CSC3=N/C(=C/c4cc(OC)c(OC)c(OC)c4)C(=O)N3c3ccccc3)sc2c1. The van der Waals surface area contributed by atoms with Gasteiger partial charge < -0.3 is 24.3 Å². The maximum absolute atomic E-state index is 13.6. The predicted molar refractivity (Wildman–Crippen MR) is 163 cm³/mol. The molecule has 0 fully saturated rings. The Kier molecular flexibility index (Phi) is 8.41. The number of carbonyl (C=O) groups is 2. The molecule has 0 bridgehead atoms. The van der Waals surface area contributed by atoms with Crippen molar-refractivity contribution >= 4 is 67.2 Å². The summed E-state index contributed by atoms with van der Waals surface area (Å²) in [6.07, 6.45) is 1.64. The molecule has 0 saturated carbocycles. The molecule has 1 aliphatic heterocycles.